The molecule has 2 aromatic heterocycles. The van der Waals surface area contributed by atoms with Gasteiger partial charge >= 0.3 is 0 Å². The smallest absolute Gasteiger partial charge is 0.179 e. The van der Waals surface area contributed by atoms with E-state index in [9.17, 15) is 4.39 Å². The lowest BCUT2D eigenvalue weighted by Crippen LogP contribution is -2.03. The van der Waals surface area contributed by atoms with Gasteiger partial charge in [-0.1, -0.05) is 18.2 Å². The molecule has 5 heteroatoms. The fourth-order valence-electron chi connectivity index (χ4n) is 2.07. The van der Waals surface area contributed by atoms with Gasteiger partial charge in [-0.15, -0.1) is 0 Å². The van der Waals surface area contributed by atoms with Crippen LogP contribution in [0.3, 0.4) is 0 Å². The molecule has 0 aliphatic carbocycles. The highest BCUT2D eigenvalue weighted by Gasteiger charge is 2.08. The number of pyridine rings is 1. The zero-order valence-corrected chi connectivity index (χ0v) is 11.2. The van der Waals surface area contributed by atoms with Crippen LogP contribution in [0, 0.1) is 17.5 Å². The third-order valence-electron chi connectivity index (χ3n) is 3.04. The van der Waals surface area contributed by atoms with E-state index in [4.69, 9.17) is 12.2 Å². The summed E-state index contributed by atoms with van der Waals surface area (Å²) in [5.41, 5.74) is 3.13. The van der Waals surface area contributed by atoms with Crippen molar-refractivity contribution in [1.29, 1.82) is 0 Å². The molecule has 0 atom stereocenters. The van der Waals surface area contributed by atoms with Crippen LogP contribution >= 0.6 is 12.2 Å². The van der Waals surface area contributed by atoms with Gasteiger partial charge in [-0.05, 0) is 37.3 Å². The summed E-state index contributed by atoms with van der Waals surface area (Å²) in [4.78, 5) is 7.55. The van der Waals surface area contributed by atoms with E-state index in [0.717, 1.165) is 16.9 Å². The van der Waals surface area contributed by atoms with Gasteiger partial charge in [0.2, 0.25) is 0 Å². The fourth-order valence-corrected chi connectivity index (χ4v) is 2.33. The van der Waals surface area contributed by atoms with Crippen LogP contribution in [0.4, 0.5) is 4.39 Å². The van der Waals surface area contributed by atoms with Gasteiger partial charge < -0.3 is 4.98 Å². The number of rotatable bonds is 2. The Hall–Kier alpha value is -2.01. The summed E-state index contributed by atoms with van der Waals surface area (Å²) in [6.07, 6.45) is 0. The molecule has 0 saturated heterocycles. The third-order valence-corrected chi connectivity index (χ3v) is 3.37. The van der Waals surface area contributed by atoms with Crippen molar-refractivity contribution in [3.63, 3.8) is 0 Å². The van der Waals surface area contributed by atoms with Gasteiger partial charge in [0, 0.05) is 11.3 Å². The van der Waals surface area contributed by atoms with Crippen LogP contribution in [-0.2, 0) is 6.54 Å². The summed E-state index contributed by atoms with van der Waals surface area (Å²) in [5, 5.41) is 0. The molecule has 0 radical (unpaired) electrons. The number of aromatic amines is 1. The quantitative estimate of drug-likeness (QED) is 0.724. The lowest BCUT2D eigenvalue weighted by Gasteiger charge is -2.05. The molecule has 0 unspecified atom stereocenters. The number of nitrogens with zero attached hydrogens (tertiary/aromatic N) is 2. The van der Waals surface area contributed by atoms with E-state index in [-0.39, 0.29) is 5.82 Å². The summed E-state index contributed by atoms with van der Waals surface area (Å²) < 4.78 is 16.1. The van der Waals surface area contributed by atoms with Gasteiger partial charge in [0.25, 0.3) is 0 Å². The summed E-state index contributed by atoms with van der Waals surface area (Å²) >= 11 is 5.28. The van der Waals surface area contributed by atoms with E-state index in [1.54, 1.807) is 12.1 Å². The van der Waals surface area contributed by atoms with E-state index in [0.29, 0.717) is 16.9 Å². The Kier molecular flexibility index (Phi) is 2.91. The molecule has 1 aromatic carbocycles. The second-order valence-corrected chi connectivity index (χ2v) is 4.82. The van der Waals surface area contributed by atoms with Crippen LogP contribution in [0.2, 0.25) is 0 Å². The molecule has 2 heterocycles. The Morgan fingerprint density at radius 1 is 1.26 bits per heavy atom. The molecule has 0 bridgehead atoms. The number of halogens is 1. The van der Waals surface area contributed by atoms with Crippen LogP contribution in [0.15, 0.2) is 36.4 Å². The molecule has 19 heavy (non-hydrogen) atoms. The predicted octanol–water partition coefficient (Wildman–Crippen LogP) is 3.59. The Morgan fingerprint density at radius 2 is 2.05 bits per heavy atom. The first-order valence-corrected chi connectivity index (χ1v) is 6.35. The number of aryl methyl sites for hydroxylation is 1. The van der Waals surface area contributed by atoms with E-state index in [1.165, 1.54) is 6.07 Å². The summed E-state index contributed by atoms with van der Waals surface area (Å²) in [7, 11) is 0. The van der Waals surface area contributed by atoms with Crippen molar-refractivity contribution < 1.29 is 4.39 Å². The minimum Gasteiger partial charge on any atom is -0.329 e. The molecule has 0 spiro atoms. The molecular weight excluding hydrogens is 261 g/mol. The first kappa shape index (κ1) is 12.0. The standard InChI is InChI=1S/C14H12FN3S/c1-9-6-7-12-13(16-9)18(14(19)17-12)8-10-4-2-3-5-11(10)15/h2-7H,8H2,1H3,(H,17,19). The zero-order chi connectivity index (χ0) is 13.4. The summed E-state index contributed by atoms with van der Waals surface area (Å²) in [6.45, 7) is 2.30. The SMILES string of the molecule is Cc1ccc2[nH]c(=S)n(Cc3ccccc3F)c2n1. The molecule has 0 amide bonds. The van der Waals surface area contributed by atoms with Crippen molar-refractivity contribution in [2.45, 2.75) is 13.5 Å². The second kappa shape index (κ2) is 4.59. The van der Waals surface area contributed by atoms with Crippen LogP contribution < -0.4 is 0 Å². The number of aromatic nitrogens is 3. The summed E-state index contributed by atoms with van der Waals surface area (Å²) in [5.74, 6) is -0.230. The fraction of sp³-hybridized carbons (Fsp3) is 0.143. The van der Waals surface area contributed by atoms with Crippen LogP contribution in [-0.4, -0.2) is 14.5 Å². The predicted molar refractivity (Wildman–Crippen MR) is 75.2 cm³/mol. The molecular formula is C14H12FN3S. The molecule has 0 fully saturated rings. The van der Waals surface area contributed by atoms with Gasteiger partial charge in [-0.2, -0.15) is 0 Å². The van der Waals surface area contributed by atoms with E-state index >= 15 is 0 Å². The van der Waals surface area contributed by atoms with Crippen LogP contribution in [0.5, 0.6) is 0 Å². The maximum absolute atomic E-state index is 13.7. The van der Waals surface area contributed by atoms with Crippen LogP contribution in [0.25, 0.3) is 11.2 Å². The van der Waals surface area contributed by atoms with Gasteiger partial charge in [0.15, 0.2) is 10.4 Å². The van der Waals surface area contributed by atoms with Gasteiger partial charge in [0.1, 0.15) is 5.82 Å². The summed E-state index contributed by atoms with van der Waals surface area (Å²) in [6, 6.07) is 10.6. The van der Waals surface area contributed by atoms with Gasteiger partial charge in [0.05, 0.1) is 12.1 Å². The van der Waals surface area contributed by atoms with Crippen molar-refractivity contribution in [3.8, 4) is 0 Å². The maximum atomic E-state index is 13.7. The van der Waals surface area contributed by atoms with E-state index in [1.807, 2.05) is 29.7 Å². The van der Waals surface area contributed by atoms with E-state index < -0.39 is 0 Å². The number of imidazole rings is 1. The first-order chi connectivity index (χ1) is 9.15. The number of benzene rings is 1. The molecule has 0 aliphatic rings. The molecule has 1 N–H and O–H groups in total. The normalized spacial score (nSPS) is 11.1. The van der Waals surface area contributed by atoms with Gasteiger partial charge in [-0.25, -0.2) is 9.37 Å². The van der Waals surface area contributed by atoms with Crippen molar-refractivity contribution in [2.75, 3.05) is 0 Å². The van der Waals surface area contributed by atoms with E-state index in [2.05, 4.69) is 9.97 Å². The first-order valence-electron chi connectivity index (χ1n) is 5.95. The highest BCUT2D eigenvalue weighted by Crippen LogP contribution is 2.16. The zero-order valence-electron chi connectivity index (χ0n) is 10.4. The molecule has 3 rings (SSSR count). The van der Waals surface area contributed by atoms with Crippen molar-refractivity contribution >= 4 is 23.4 Å². The highest BCUT2D eigenvalue weighted by atomic mass is 32.1. The highest BCUT2D eigenvalue weighted by molar-refractivity contribution is 7.71. The molecule has 96 valence electrons. The molecule has 0 aliphatic heterocycles. The van der Waals surface area contributed by atoms with Crippen molar-refractivity contribution in [3.05, 3.63) is 58.2 Å². The number of nitrogens with one attached hydrogen (secondary N) is 1. The molecule has 3 aromatic rings. The van der Waals surface area contributed by atoms with Crippen LogP contribution in [0.1, 0.15) is 11.3 Å². The largest absolute Gasteiger partial charge is 0.329 e. The minimum absolute atomic E-state index is 0.230. The Bertz CT molecular complexity index is 804. The molecule has 0 saturated carbocycles. The Balaban J connectivity index is 2.15. The van der Waals surface area contributed by atoms with Gasteiger partial charge in [-0.3, -0.25) is 4.57 Å². The number of fused-ring (bicyclic) bond motifs is 1. The second-order valence-electron chi connectivity index (χ2n) is 4.43. The average Bonchev–Trinajstić information content (AvgIpc) is 2.69. The Labute approximate surface area is 114 Å². The monoisotopic (exact) mass is 273 g/mol. The maximum Gasteiger partial charge on any atom is 0.179 e. The lowest BCUT2D eigenvalue weighted by atomic mass is 10.2. The number of H-pyrrole nitrogens is 1. The van der Waals surface area contributed by atoms with Crippen molar-refractivity contribution in [1.82, 2.24) is 14.5 Å². The molecule has 3 nitrogen and oxygen atoms in total. The lowest BCUT2D eigenvalue weighted by molar-refractivity contribution is 0.600. The number of hydrogen-bond acceptors (Lipinski definition) is 2. The number of hydrogen-bond donors (Lipinski definition) is 1. The van der Waals surface area contributed by atoms with Crippen molar-refractivity contribution in [2.24, 2.45) is 0 Å². The Morgan fingerprint density at radius 3 is 2.84 bits per heavy atom. The third kappa shape index (κ3) is 2.17. The average molecular weight is 273 g/mol. The topological polar surface area (TPSA) is 33.6 Å². The minimum atomic E-state index is -0.230.